The van der Waals surface area contributed by atoms with Gasteiger partial charge in [0.15, 0.2) is 11.4 Å². The maximum atomic E-state index is 13.6. The quantitative estimate of drug-likeness (QED) is 0.233. The number of hydrogen-bond donors (Lipinski definition) is 5. The van der Waals surface area contributed by atoms with Crippen molar-refractivity contribution >= 4 is 68.4 Å². The van der Waals surface area contributed by atoms with Gasteiger partial charge in [-0.3, -0.25) is 19.3 Å². The van der Waals surface area contributed by atoms with E-state index in [0.717, 1.165) is 3.57 Å². The number of aromatic hydroxyl groups is 1. The first-order valence-electron chi connectivity index (χ1n) is 9.68. The number of phenols is 1. The summed E-state index contributed by atoms with van der Waals surface area (Å²) in [6.07, 6.45) is 0.367. The van der Waals surface area contributed by atoms with Crippen molar-refractivity contribution in [2.45, 2.75) is 24.5 Å². The lowest BCUT2D eigenvalue weighted by atomic mass is 9.57. The third-order valence-electron chi connectivity index (χ3n) is 6.62. The summed E-state index contributed by atoms with van der Waals surface area (Å²) in [4.78, 5) is 40.1. The molecule has 0 spiro atoms. The van der Waals surface area contributed by atoms with Crippen molar-refractivity contribution < 1.29 is 34.8 Å². The first-order valence-corrected chi connectivity index (χ1v) is 11.8. The first-order chi connectivity index (χ1) is 14.8. The number of fused-ring (bicyclic) bond motifs is 3. The number of rotatable bonds is 2. The number of aliphatic hydroxyl groups is 3. The van der Waals surface area contributed by atoms with E-state index in [4.69, 9.17) is 5.73 Å². The van der Waals surface area contributed by atoms with Gasteiger partial charge in [0, 0.05) is 15.1 Å². The number of halogens is 2. The third kappa shape index (κ3) is 2.97. The number of aliphatic hydroxyl groups excluding tert-OH is 2. The number of carbonyl (C=O) groups is 3. The minimum absolute atomic E-state index is 0.0780. The van der Waals surface area contributed by atoms with Crippen LogP contribution in [0.4, 0.5) is 0 Å². The van der Waals surface area contributed by atoms with Crippen molar-refractivity contribution in [1.82, 2.24) is 4.90 Å². The molecule has 1 amide bonds. The van der Waals surface area contributed by atoms with Crippen LogP contribution in [0.3, 0.4) is 0 Å². The van der Waals surface area contributed by atoms with E-state index >= 15 is 0 Å². The third-order valence-corrected chi connectivity index (χ3v) is 8.40. The van der Waals surface area contributed by atoms with Crippen LogP contribution in [0.1, 0.15) is 17.5 Å². The van der Waals surface area contributed by atoms with Gasteiger partial charge in [0.05, 0.1) is 15.2 Å². The minimum atomic E-state index is -2.62. The molecule has 11 heteroatoms. The van der Waals surface area contributed by atoms with Crippen molar-refractivity contribution in [2.24, 2.45) is 17.6 Å². The van der Waals surface area contributed by atoms with Crippen LogP contribution in [-0.4, -0.2) is 68.5 Å². The molecule has 0 bridgehead atoms. The second kappa shape index (κ2) is 7.67. The summed E-state index contributed by atoms with van der Waals surface area (Å²) in [7, 11) is 3.13. The van der Waals surface area contributed by atoms with E-state index in [2.05, 4.69) is 22.6 Å². The molecule has 4 rings (SSSR count). The number of hydrogen-bond acceptors (Lipinski definition) is 8. The molecule has 0 aromatic heterocycles. The summed E-state index contributed by atoms with van der Waals surface area (Å²) in [6, 6.07) is 0.672. The van der Waals surface area contributed by atoms with Gasteiger partial charge in [-0.2, -0.15) is 0 Å². The number of benzene rings is 1. The van der Waals surface area contributed by atoms with Crippen LogP contribution in [-0.2, 0) is 20.8 Å². The SMILES string of the molecule is CN(C)[C@H]1C(=O)C(C(N)=O)=C(O)[C@]2(O)C(=O)C3=C(O)c4c(O)c(I)cc(I)c4C[C@@H]3C[C@H]12. The topological polar surface area (TPSA) is 161 Å². The van der Waals surface area contributed by atoms with Gasteiger partial charge in [0.2, 0.25) is 5.78 Å². The first kappa shape index (κ1) is 23.4. The summed E-state index contributed by atoms with van der Waals surface area (Å²) < 4.78 is 1.27. The highest BCUT2D eigenvalue weighted by Gasteiger charge is 2.64. The van der Waals surface area contributed by atoms with Gasteiger partial charge in [-0.05, 0) is 89.7 Å². The molecular weight excluding hydrogens is 646 g/mol. The number of Topliss-reactive ketones (excluding diaryl/α,β-unsaturated/α-hetero) is 2. The minimum Gasteiger partial charge on any atom is -0.508 e. The summed E-state index contributed by atoms with van der Waals surface area (Å²) in [5, 5.41) is 43.9. The molecule has 170 valence electrons. The standard InChI is InChI=1S/C21H20I2N2O7/c1-25(2)14-8-4-6-3-7-9(22)5-10(23)15(26)12(7)16(27)11(6)18(29)21(8,32)19(30)13(17(14)28)20(24)31/h5-6,8,14,26-27,30,32H,3-4H2,1-2H3,(H2,24,31)/t6-,8-,14-,21-/m1/s1. The number of ketones is 2. The summed E-state index contributed by atoms with van der Waals surface area (Å²) in [5.41, 5.74) is 2.48. The molecular formula is C21H20I2N2O7. The van der Waals surface area contributed by atoms with E-state index in [-0.39, 0.29) is 29.7 Å². The lowest BCUT2D eigenvalue weighted by Gasteiger charge is -2.50. The molecule has 32 heavy (non-hydrogen) atoms. The second-order valence-corrected chi connectivity index (χ2v) is 10.8. The average molecular weight is 666 g/mol. The number of carbonyl (C=O) groups excluding carboxylic acids is 3. The Labute approximate surface area is 210 Å². The maximum absolute atomic E-state index is 13.6. The molecule has 1 saturated carbocycles. The van der Waals surface area contributed by atoms with Crippen molar-refractivity contribution in [2.75, 3.05) is 14.1 Å². The zero-order valence-electron chi connectivity index (χ0n) is 17.0. The number of primary amides is 1. The van der Waals surface area contributed by atoms with Crippen LogP contribution >= 0.6 is 45.2 Å². The zero-order chi connectivity index (χ0) is 23.9. The van der Waals surface area contributed by atoms with Gasteiger partial charge in [0.25, 0.3) is 5.91 Å². The number of nitrogens with zero attached hydrogens (tertiary/aromatic N) is 1. The Balaban J connectivity index is 2.00. The van der Waals surface area contributed by atoms with Gasteiger partial charge < -0.3 is 26.2 Å². The normalized spacial score (nSPS) is 29.8. The highest BCUT2D eigenvalue weighted by Crippen LogP contribution is 2.53. The van der Waals surface area contributed by atoms with Crippen molar-refractivity contribution in [3.63, 3.8) is 0 Å². The van der Waals surface area contributed by atoms with Crippen molar-refractivity contribution in [1.29, 1.82) is 0 Å². The van der Waals surface area contributed by atoms with Gasteiger partial charge >= 0.3 is 0 Å². The number of phenolic OH excluding ortho intramolecular Hbond substituents is 1. The van der Waals surface area contributed by atoms with Crippen LogP contribution in [0.15, 0.2) is 23.0 Å². The maximum Gasteiger partial charge on any atom is 0.255 e. The molecule has 3 aliphatic rings. The van der Waals surface area contributed by atoms with Crippen molar-refractivity contribution in [3.05, 3.63) is 41.2 Å². The van der Waals surface area contributed by atoms with E-state index in [1.54, 1.807) is 20.2 Å². The van der Waals surface area contributed by atoms with Crippen LogP contribution in [0, 0.1) is 19.0 Å². The van der Waals surface area contributed by atoms with Crippen LogP contribution < -0.4 is 5.73 Å². The Hall–Kier alpha value is -1.71. The fourth-order valence-electron chi connectivity index (χ4n) is 5.24. The molecule has 1 aromatic rings. The molecule has 0 saturated heterocycles. The number of likely N-dealkylation sites (N-methyl/N-ethyl adjacent to an activating group) is 1. The number of nitrogens with two attached hydrogens (primary N) is 1. The van der Waals surface area contributed by atoms with E-state index in [1.165, 1.54) is 4.90 Å². The van der Waals surface area contributed by atoms with Gasteiger partial charge in [-0.15, -0.1) is 0 Å². The lowest BCUT2D eigenvalue weighted by molar-refractivity contribution is -0.153. The van der Waals surface area contributed by atoms with Crippen LogP contribution in [0.5, 0.6) is 5.75 Å². The Morgan fingerprint density at radius 2 is 1.81 bits per heavy atom. The Kier molecular flexibility index (Phi) is 5.62. The van der Waals surface area contributed by atoms with E-state index in [9.17, 15) is 34.8 Å². The molecule has 3 aliphatic carbocycles. The highest BCUT2D eigenvalue weighted by molar-refractivity contribution is 14.1. The fraction of sp³-hybridized carbons (Fsp3) is 0.381. The molecule has 0 radical (unpaired) electrons. The van der Waals surface area contributed by atoms with Crippen LogP contribution in [0.2, 0.25) is 0 Å². The fourth-order valence-corrected chi connectivity index (χ4v) is 7.21. The Morgan fingerprint density at radius 1 is 1.19 bits per heavy atom. The monoisotopic (exact) mass is 666 g/mol. The predicted molar refractivity (Wildman–Crippen MR) is 130 cm³/mol. The molecule has 4 atom stereocenters. The molecule has 6 N–H and O–H groups in total. The molecule has 0 unspecified atom stereocenters. The highest BCUT2D eigenvalue weighted by atomic mass is 127. The molecule has 1 fully saturated rings. The molecule has 0 heterocycles. The van der Waals surface area contributed by atoms with Crippen molar-refractivity contribution in [3.8, 4) is 5.75 Å². The summed E-state index contributed by atoms with van der Waals surface area (Å²) in [6.45, 7) is 0. The average Bonchev–Trinajstić information content (AvgIpc) is 2.68. The van der Waals surface area contributed by atoms with Gasteiger partial charge in [0.1, 0.15) is 22.8 Å². The Morgan fingerprint density at radius 3 is 2.38 bits per heavy atom. The molecule has 0 aliphatic heterocycles. The summed E-state index contributed by atoms with van der Waals surface area (Å²) >= 11 is 4.00. The zero-order valence-corrected chi connectivity index (χ0v) is 21.3. The number of amides is 1. The van der Waals surface area contributed by atoms with E-state index < -0.39 is 58.0 Å². The predicted octanol–water partition coefficient (Wildman–Crippen LogP) is 1.17. The van der Waals surface area contributed by atoms with Gasteiger partial charge in [-0.25, -0.2) is 0 Å². The Bertz CT molecular complexity index is 1170. The largest absolute Gasteiger partial charge is 0.508 e. The lowest BCUT2D eigenvalue weighted by Crippen LogP contribution is -2.65. The van der Waals surface area contributed by atoms with E-state index in [1.807, 2.05) is 22.6 Å². The van der Waals surface area contributed by atoms with Crippen LogP contribution in [0.25, 0.3) is 5.76 Å². The second-order valence-electron chi connectivity index (χ2n) is 8.50. The van der Waals surface area contributed by atoms with Gasteiger partial charge in [-0.1, -0.05) is 0 Å². The molecule has 1 aromatic carbocycles. The summed E-state index contributed by atoms with van der Waals surface area (Å²) in [5.74, 6) is -6.42. The smallest absolute Gasteiger partial charge is 0.255 e. The van der Waals surface area contributed by atoms with E-state index in [0.29, 0.717) is 9.13 Å². The molecule has 9 nitrogen and oxygen atoms in total.